The SMILES string of the molecule is CC/C=C\C/C=C\C/C=C\C/C=C\CCCCCCCCC(=O)OC(COCCCCCCCCCCCC/C=C\C/C=C\CCCCC)COP(=O)(O)OCCN. The molecule has 0 fully saturated rings. The van der Waals surface area contributed by atoms with E-state index in [2.05, 4.69) is 86.8 Å². The molecule has 3 N–H and O–H groups in total. The Morgan fingerprint density at radius 1 is 0.534 bits per heavy atom. The van der Waals surface area contributed by atoms with Gasteiger partial charge >= 0.3 is 13.8 Å². The summed E-state index contributed by atoms with van der Waals surface area (Å²) in [5.41, 5.74) is 5.38. The Labute approximate surface area is 356 Å². The van der Waals surface area contributed by atoms with Gasteiger partial charge in [0.1, 0.15) is 6.10 Å². The Balaban J connectivity index is 4.03. The summed E-state index contributed by atoms with van der Waals surface area (Å²) in [6.07, 6.45) is 57.8. The van der Waals surface area contributed by atoms with Gasteiger partial charge in [-0.15, -0.1) is 0 Å². The van der Waals surface area contributed by atoms with Gasteiger partial charge in [-0.1, -0.05) is 177 Å². The second kappa shape index (κ2) is 46.0. The Morgan fingerprint density at radius 2 is 0.966 bits per heavy atom. The second-order valence-corrected chi connectivity index (χ2v) is 16.7. The third-order valence-corrected chi connectivity index (χ3v) is 10.6. The maximum absolute atomic E-state index is 12.6. The van der Waals surface area contributed by atoms with Crippen LogP contribution in [0.2, 0.25) is 0 Å². The van der Waals surface area contributed by atoms with Crippen LogP contribution < -0.4 is 5.73 Å². The Bertz CT molecular complexity index is 1120. The van der Waals surface area contributed by atoms with E-state index < -0.39 is 13.9 Å². The second-order valence-electron chi connectivity index (χ2n) is 15.2. The molecule has 0 aromatic carbocycles. The number of rotatable bonds is 44. The van der Waals surface area contributed by atoms with Crippen molar-refractivity contribution in [2.45, 2.75) is 200 Å². The quantitative estimate of drug-likeness (QED) is 0.0270. The predicted molar refractivity (Wildman–Crippen MR) is 247 cm³/mol. The van der Waals surface area contributed by atoms with Crippen molar-refractivity contribution < 1.29 is 32.8 Å². The highest BCUT2D eigenvalue weighted by atomic mass is 31.2. The zero-order valence-electron chi connectivity index (χ0n) is 37.3. The van der Waals surface area contributed by atoms with E-state index in [0.717, 1.165) is 77.0 Å². The minimum absolute atomic E-state index is 0.0939. The lowest BCUT2D eigenvalue weighted by Crippen LogP contribution is -2.28. The fourth-order valence-corrected chi connectivity index (χ4v) is 6.96. The molecule has 58 heavy (non-hydrogen) atoms. The minimum atomic E-state index is -4.29. The Kier molecular flexibility index (Phi) is 44.4. The number of ether oxygens (including phenoxy) is 2. The highest BCUT2D eigenvalue weighted by Gasteiger charge is 2.25. The summed E-state index contributed by atoms with van der Waals surface area (Å²) in [5, 5.41) is 0. The van der Waals surface area contributed by atoms with Gasteiger partial charge in [-0.25, -0.2) is 4.57 Å². The summed E-state index contributed by atoms with van der Waals surface area (Å²) < 4.78 is 33.5. The van der Waals surface area contributed by atoms with E-state index in [1.54, 1.807) is 0 Å². The third-order valence-electron chi connectivity index (χ3n) is 9.61. The molecule has 0 saturated carbocycles. The van der Waals surface area contributed by atoms with Crippen molar-refractivity contribution >= 4 is 13.8 Å². The van der Waals surface area contributed by atoms with Crippen LogP contribution in [0.5, 0.6) is 0 Å². The van der Waals surface area contributed by atoms with Gasteiger partial charge in [-0.2, -0.15) is 0 Å². The lowest BCUT2D eigenvalue weighted by molar-refractivity contribution is -0.154. The number of hydrogen-bond acceptors (Lipinski definition) is 7. The molecule has 2 unspecified atom stereocenters. The molecule has 0 spiro atoms. The number of esters is 1. The van der Waals surface area contributed by atoms with E-state index in [1.165, 1.54) is 96.3 Å². The lowest BCUT2D eigenvalue weighted by atomic mass is 10.1. The van der Waals surface area contributed by atoms with Crippen LogP contribution in [-0.2, 0) is 27.9 Å². The van der Waals surface area contributed by atoms with Crippen LogP contribution in [-0.4, -0.2) is 49.9 Å². The van der Waals surface area contributed by atoms with Crippen molar-refractivity contribution in [2.24, 2.45) is 5.73 Å². The molecule has 0 radical (unpaired) electrons. The van der Waals surface area contributed by atoms with Gasteiger partial charge < -0.3 is 20.1 Å². The summed E-state index contributed by atoms with van der Waals surface area (Å²) in [5.74, 6) is -0.347. The molecule has 0 aliphatic rings. The average molecular weight is 834 g/mol. The molecule has 0 aliphatic carbocycles. The molecule has 0 heterocycles. The normalized spacial score (nSPS) is 14.1. The molecule has 8 nitrogen and oxygen atoms in total. The highest BCUT2D eigenvalue weighted by Crippen LogP contribution is 2.43. The number of carbonyl (C=O) groups is 1. The summed E-state index contributed by atoms with van der Waals surface area (Å²) >= 11 is 0. The predicted octanol–water partition coefficient (Wildman–Crippen LogP) is 14.3. The Hall–Kier alpha value is -2.06. The first kappa shape index (κ1) is 55.9. The first-order valence-electron chi connectivity index (χ1n) is 23.4. The molecule has 9 heteroatoms. The number of nitrogens with two attached hydrogens (primary N) is 1. The molecular weight excluding hydrogens is 746 g/mol. The van der Waals surface area contributed by atoms with Crippen molar-refractivity contribution in [1.29, 1.82) is 0 Å². The number of phosphoric ester groups is 1. The van der Waals surface area contributed by atoms with Gasteiger partial charge in [-0.3, -0.25) is 13.8 Å². The number of unbranched alkanes of at least 4 members (excludes halogenated alkanes) is 19. The standard InChI is InChI=1S/C49H88NO7P/c1-3-5-7-9-11-13-15-17-19-21-23-25-27-29-31-33-35-37-39-41-44-54-46-48(47-56-58(52,53)55-45-43-50)57-49(51)42-40-38-36-34-32-30-28-26-24-22-20-18-16-14-12-10-8-6-4-2/h6,8,11-14,17-20,24,26,48H,3-5,7,9-10,15-16,21-23,25,27-47,50H2,1-2H3,(H,52,53)/b8-6-,13-11-,14-12-,19-17-,20-18-,26-24-. The molecule has 0 bridgehead atoms. The van der Waals surface area contributed by atoms with Crippen molar-refractivity contribution in [3.63, 3.8) is 0 Å². The zero-order chi connectivity index (χ0) is 42.3. The van der Waals surface area contributed by atoms with E-state index in [4.69, 9.17) is 24.3 Å². The van der Waals surface area contributed by atoms with Crippen LogP contribution in [0.1, 0.15) is 194 Å². The molecule has 0 amide bonds. The monoisotopic (exact) mass is 834 g/mol. The average Bonchev–Trinajstić information content (AvgIpc) is 3.21. The molecular formula is C49H88NO7P. The Morgan fingerprint density at radius 3 is 1.45 bits per heavy atom. The van der Waals surface area contributed by atoms with Crippen molar-refractivity contribution in [1.82, 2.24) is 0 Å². The van der Waals surface area contributed by atoms with E-state index >= 15 is 0 Å². The van der Waals surface area contributed by atoms with Crippen LogP contribution in [0.25, 0.3) is 0 Å². The van der Waals surface area contributed by atoms with Gasteiger partial charge in [0.2, 0.25) is 0 Å². The van der Waals surface area contributed by atoms with E-state index in [9.17, 15) is 14.3 Å². The topological polar surface area (TPSA) is 117 Å². The van der Waals surface area contributed by atoms with Crippen molar-refractivity contribution in [3.05, 3.63) is 72.9 Å². The fraction of sp³-hybridized carbons (Fsp3) is 0.735. The van der Waals surface area contributed by atoms with Gasteiger partial charge in [0.25, 0.3) is 0 Å². The van der Waals surface area contributed by atoms with Crippen LogP contribution >= 0.6 is 7.82 Å². The summed E-state index contributed by atoms with van der Waals surface area (Å²) in [6.45, 7) is 4.76. The highest BCUT2D eigenvalue weighted by molar-refractivity contribution is 7.47. The number of phosphoric acid groups is 1. The first-order valence-corrected chi connectivity index (χ1v) is 24.9. The molecule has 0 aliphatic heterocycles. The summed E-state index contributed by atoms with van der Waals surface area (Å²) in [7, 11) is -4.29. The molecule has 336 valence electrons. The van der Waals surface area contributed by atoms with Crippen LogP contribution in [0.3, 0.4) is 0 Å². The molecule has 0 rings (SSSR count). The fourth-order valence-electron chi connectivity index (χ4n) is 6.19. The number of carbonyl (C=O) groups excluding carboxylic acids is 1. The molecule has 2 atom stereocenters. The molecule has 0 aromatic heterocycles. The maximum atomic E-state index is 12.6. The van der Waals surface area contributed by atoms with Gasteiger partial charge in [0.15, 0.2) is 0 Å². The number of hydrogen-bond donors (Lipinski definition) is 2. The molecule has 0 saturated heterocycles. The molecule has 0 aromatic rings. The van der Waals surface area contributed by atoms with Gasteiger partial charge in [-0.05, 0) is 83.5 Å². The van der Waals surface area contributed by atoms with Gasteiger partial charge in [0, 0.05) is 19.6 Å². The van der Waals surface area contributed by atoms with E-state index in [0.29, 0.717) is 13.0 Å². The largest absolute Gasteiger partial charge is 0.472 e. The zero-order valence-corrected chi connectivity index (χ0v) is 38.2. The lowest BCUT2D eigenvalue weighted by Gasteiger charge is -2.20. The van der Waals surface area contributed by atoms with E-state index in [-0.39, 0.29) is 32.3 Å². The minimum Gasteiger partial charge on any atom is -0.457 e. The van der Waals surface area contributed by atoms with Crippen molar-refractivity contribution in [3.8, 4) is 0 Å². The van der Waals surface area contributed by atoms with Crippen LogP contribution in [0, 0.1) is 0 Å². The number of allylic oxidation sites excluding steroid dienone is 12. The maximum Gasteiger partial charge on any atom is 0.472 e. The van der Waals surface area contributed by atoms with Gasteiger partial charge in [0.05, 0.1) is 19.8 Å². The smallest absolute Gasteiger partial charge is 0.457 e. The summed E-state index contributed by atoms with van der Waals surface area (Å²) in [6, 6.07) is 0. The van der Waals surface area contributed by atoms with Crippen LogP contribution in [0.4, 0.5) is 0 Å². The van der Waals surface area contributed by atoms with E-state index in [1.807, 2.05) is 0 Å². The third kappa shape index (κ3) is 45.0. The van der Waals surface area contributed by atoms with Crippen LogP contribution in [0.15, 0.2) is 72.9 Å². The summed E-state index contributed by atoms with van der Waals surface area (Å²) in [4.78, 5) is 22.5. The van der Waals surface area contributed by atoms with Crippen molar-refractivity contribution in [2.75, 3.05) is 33.0 Å². The first-order chi connectivity index (χ1) is 28.4.